The molecule has 0 aliphatic heterocycles. The van der Waals surface area contributed by atoms with Gasteiger partial charge in [-0.3, -0.25) is 14.2 Å². The van der Waals surface area contributed by atoms with Gasteiger partial charge in [-0.25, -0.2) is 23.1 Å². The number of carbonyl (C=O) groups excluding carboxylic acids is 1. The van der Waals surface area contributed by atoms with E-state index in [1.165, 1.54) is 35.0 Å². The van der Waals surface area contributed by atoms with Crippen LogP contribution in [0.3, 0.4) is 0 Å². The highest BCUT2D eigenvalue weighted by atomic mass is 19.1. The molecule has 1 amide bonds. The van der Waals surface area contributed by atoms with Gasteiger partial charge in [0.05, 0.1) is 11.3 Å². The van der Waals surface area contributed by atoms with Crippen molar-refractivity contribution in [2.75, 3.05) is 5.73 Å². The van der Waals surface area contributed by atoms with Crippen molar-refractivity contribution >= 4 is 11.7 Å². The number of aromatic nitrogens is 3. The zero-order valence-corrected chi connectivity index (χ0v) is 23.0. The van der Waals surface area contributed by atoms with Crippen LogP contribution in [0, 0.1) is 11.6 Å². The average molecular weight is 586 g/mol. The maximum Gasteiger partial charge on any atom is 0.335 e. The Kier molecular flexibility index (Phi) is 8.01. The summed E-state index contributed by atoms with van der Waals surface area (Å²) >= 11 is 0. The minimum absolute atomic E-state index is 0.0744. The Hall–Kier alpha value is -5.78. The largest absolute Gasteiger partial charge is 0.453 e. The number of halogens is 2. The van der Waals surface area contributed by atoms with Crippen molar-refractivity contribution in [3.8, 4) is 34.1 Å². The fraction of sp³-hybridized carbons (Fsp3) is 0.0968. The molecule has 0 saturated carbocycles. The van der Waals surface area contributed by atoms with Crippen LogP contribution in [0.5, 0.6) is 17.2 Å². The van der Waals surface area contributed by atoms with E-state index in [0.29, 0.717) is 5.56 Å². The Morgan fingerprint density at radius 2 is 1.67 bits per heavy atom. The highest BCUT2D eigenvalue weighted by molar-refractivity contribution is 5.93. The quantitative estimate of drug-likeness (QED) is 0.245. The van der Waals surface area contributed by atoms with Crippen LogP contribution in [-0.2, 0) is 0 Å². The molecule has 0 spiro atoms. The molecule has 5 aromatic rings. The number of hydrogen-bond donors (Lipinski definition) is 2. The molecule has 5 rings (SSSR count). The van der Waals surface area contributed by atoms with Gasteiger partial charge in [0.25, 0.3) is 11.5 Å². The summed E-state index contributed by atoms with van der Waals surface area (Å²) in [7, 11) is 0. The Labute approximate surface area is 243 Å². The molecule has 0 radical (unpaired) electrons. The van der Waals surface area contributed by atoms with Crippen molar-refractivity contribution in [2.45, 2.75) is 19.9 Å². The number of nitrogens with zero attached hydrogens (tertiary/aromatic N) is 3. The molecular weight excluding hydrogens is 560 g/mol. The summed E-state index contributed by atoms with van der Waals surface area (Å²) in [4.78, 5) is 48.5. The maximum absolute atomic E-state index is 15.1. The third-order valence-electron chi connectivity index (χ3n) is 6.39. The van der Waals surface area contributed by atoms with Crippen molar-refractivity contribution in [2.24, 2.45) is 0 Å². The van der Waals surface area contributed by atoms with E-state index in [4.69, 9.17) is 15.3 Å². The molecule has 2 heterocycles. The van der Waals surface area contributed by atoms with Crippen LogP contribution < -0.4 is 32.0 Å². The van der Waals surface area contributed by atoms with E-state index in [-0.39, 0.29) is 28.8 Å². The summed E-state index contributed by atoms with van der Waals surface area (Å²) in [6, 6.07) is 18.5. The predicted octanol–water partition coefficient (Wildman–Crippen LogP) is 5.02. The van der Waals surface area contributed by atoms with Crippen molar-refractivity contribution in [1.82, 2.24) is 19.6 Å². The highest BCUT2D eigenvalue weighted by Gasteiger charge is 2.21. The molecule has 0 bridgehead atoms. The molecule has 3 N–H and O–H groups in total. The summed E-state index contributed by atoms with van der Waals surface area (Å²) in [6.07, 6.45) is 2.55. The lowest BCUT2D eigenvalue weighted by Crippen LogP contribution is -2.44. The molecule has 0 aliphatic rings. The van der Waals surface area contributed by atoms with Gasteiger partial charge in [-0.1, -0.05) is 30.3 Å². The second-order valence-electron chi connectivity index (χ2n) is 9.61. The van der Waals surface area contributed by atoms with Crippen molar-refractivity contribution in [1.29, 1.82) is 0 Å². The smallest absolute Gasteiger partial charge is 0.335 e. The normalized spacial score (nSPS) is 10.9. The van der Waals surface area contributed by atoms with Gasteiger partial charge >= 0.3 is 5.69 Å². The van der Waals surface area contributed by atoms with E-state index in [1.54, 1.807) is 19.9 Å². The number of amides is 1. The lowest BCUT2D eigenvalue weighted by atomic mass is 10.1. The second kappa shape index (κ2) is 12.0. The molecule has 0 fully saturated rings. The van der Waals surface area contributed by atoms with Gasteiger partial charge in [-0.05, 0) is 61.9 Å². The molecule has 12 heteroatoms. The highest BCUT2D eigenvalue weighted by Crippen LogP contribution is 2.37. The van der Waals surface area contributed by atoms with E-state index < -0.39 is 40.4 Å². The first kappa shape index (κ1) is 28.7. The number of nitrogens with two attached hydrogens (primary N) is 1. The molecular formula is C31H25F2N5O5. The fourth-order valence-electron chi connectivity index (χ4n) is 4.26. The molecule has 3 aromatic carbocycles. The molecule has 0 unspecified atom stereocenters. The molecule has 0 atom stereocenters. The third-order valence-corrected chi connectivity index (χ3v) is 6.39. The Balaban J connectivity index is 1.38. The maximum atomic E-state index is 15.1. The molecule has 10 nitrogen and oxygen atoms in total. The topological polar surface area (TPSA) is 130 Å². The lowest BCUT2D eigenvalue weighted by Gasteiger charge is -2.16. The summed E-state index contributed by atoms with van der Waals surface area (Å²) < 4.78 is 36.3. The SMILES string of the molecule is CC(C)n1cc(C(=O)NOc2ccc(Oc3ccnc(N)c3-c3ccccc3)c(F)c2)c(=O)n(-c2ccc(F)cc2)c1=O. The first-order valence-corrected chi connectivity index (χ1v) is 13.0. The number of nitrogens with one attached hydrogen (secondary N) is 1. The molecule has 43 heavy (non-hydrogen) atoms. The van der Waals surface area contributed by atoms with Crippen LogP contribution in [0.1, 0.15) is 30.2 Å². The number of pyridine rings is 1. The first-order valence-electron chi connectivity index (χ1n) is 13.0. The van der Waals surface area contributed by atoms with E-state index in [1.807, 2.05) is 30.3 Å². The van der Waals surface area contributed by atoms with Gasteiger partial charge in [-0.15, -0.1) is 0 Å². The monoisotopic (exact) mass is 585 g/mol. The zero-order valence-electron chi connectivity index (χ0n) is 23.0. The minimum atomic E-state index is -0.990. The van der Waals surface area contributed by atoms with Crippen LogP contribution in [0.2, 0.25) is 0 Å². The van der Waals surface area contributed by atoms with Gasteiger partial charge in [-0.2, -0.15) is 5.48 Å². The van der Waals surface area contributed by atoms with E-state index in [0.717, 1.165) is 34.5 Å². The summed E-state index contributed by atoms with van der Waals surface area (Å²) in [5, 5.41) is 0. The molecule has 0 saturated heterocycles. The van der Waals surface area contributed by atoms with Crippen LogP contribution in [-0.4, -0.2) is 20.0 Å². The van der Waals surface area contributed by atoms with Crippen LogP contribution in [0.4, 0.5) is 14.6 Å². The number of hydroxylamine groups is 1. The van der Waals surface area contributed by atoms with Crippen LogP contribution in [0.25, 0.3) is 16.8 Å². The molecule has 218 valence electrons. The minimum Gasteiger partial charge on any atom is -0.453 e. The number of rotatable bonds is 8. The first-order chi connectivity index (χ1) is 20.6. The van der Waals surface area contributed by atoms with Crippen molar-refractivity contribution < 1.29 is 23.1 Å². The zero-order chi connectivity index (χ0) is 30.7. The lowest BCUT2D eigenvalue weighted by molar-refractivity contribution is 0.0755. The van der Waals surface area contributed by atoms with Gasteiger partial charge < -0.3 is 15.3 Å². The van der Waals surface area contributed by atoms with Gasteiger partial charge in [0, 0.05) is 24.5 Å². The van der Waals surface area contributed by atoms with Crippen LogP contribution >= 0.6 is 0 Å². The van der Waals surface area contributed by atoms with E-state index in [9.17, 15) is 18.8 Å². The van der Waals surface area contributed by atoms with Crippen molar-refractivity contribution in [3.05, 3.63) is 129 Å². The average Bonchev–Trinajstić information content (AvgIpc) is 2.98. The predicted molar refractivity (Wildman–Crippen MR) is 155 cm³/mol. The standard InChI is InChI=1S/C31H25F2N5O5/c1-18(2)37-17-23(30(40)38(31(37)41)21-10-8-20(32)9-11-21)29(39)36-43-22-12-13-25(24(33)16-22)42-26-14-15-35-28(34)27(26)19-6-4-3-5-7-19/h3-18H,1-2H3,(H2,34,35)(H,36,39). The number of ether oxygens (including phenoxy) is 1. The number of carbonyl (C=O) groups is 1. The number of anilines is 1. The Morgan fingerprint density at radius 3 is 2.35 bits per heavy atom. The summed E-state index contributed by atoms with van der Waals surface area (Å²) in [6.45, 7) is 3.38. The Morgan fingerprint density at radius 1 is 0.953 bits per heavy atom. The Bertz CT molecular complexity index is 1920. The second-order valence-corrected chi connectivity index (χ2v) is 9.61. The molecule has 2 aromatic heterocycles. The summed E-state index contributed by atoms with van der Waals surface area (Å²) in [5.74, 6) is -2.14. The third kappa shape index (κ3) is 5.98. The van der Waals surface area contributed by atoms with E-state index in [2.05, 4.69) is 10.5 Å². The van der Waals surface area contributed by atoms with Crippen LogP contribution in [0.15, 0.2) is 101 Å². The van der Waals surface area contributed by atoms with E-state index >= 15 is 4.39 Å². The number of benzene rings is 3. The fourth-order valence-corrected chi connectivity index (χ4v) is 4.26. The number of hydrogen-bond acceptors (Lipinski definition) is 7. The molecule has 0 aliphatic carbocycles. The van der Waals surface area contributed by atoms with Gasteiger partial charge in [0.15, 0.2) is 17.3 Å². The number of nitrogen functional groups attached to an aromatic ring is 1. The summed E-state index contributed by atoms with van der Waals surface area (Å²) in [5.41, 5.74) is 7.38. The van der Waals surface area contributed by atoms with Crippen molar-refractivity contribution in [3.63, 3.8) is 0 Å². The van der Waals surface area contributed by atoms with Gasteiger partial charge in [0.1, 0.15) is 22.9 Å². The van der Waals surface area contributed by atoms with Gasteiger partial charge in [0.2, 0.25) is 0 Å².